The standard InChI is InChI=1S/C15H25N3O3/c1-11-9-14(17-18(11)10-12(2)19)16-15(20)4-3-13-5-7-21-8-6-13/h9,12-13,19H,3-8,10H2,1-2H3,(H,16,17,20). The van der Waals surface area contributed by atoms with Crippen molar-refractivity contribution in [3.63, 3.8) is 0 Å². The highest BCUT2D eigenvalue weighted by Crippen LogP contribution is 2.20. The molecule has 0 spiro atoms. The van der Waals surface area contributed by atoms with Gasteiger partial charge in [-0.1, -0.05) is 0 Å². The molecule has 1 aliphatic rings. The third kappa shape index (κ3) is 5.13. The molecule has 1 aromatic rings. The van der Waals surface area contributed by atoms with Crippen LogP contribution in [0, 0.1) is 12.8 Å². The van der Waals surface area contributed by atoms with Gasteiger partial charge in [-0.25, -0.2) is 0 Å². The zero-order valence-corrected chi connectivity index (χ0v) is 12.8. The van der Waals surface area contributed by atoms with Gasteiger partial charge >= 0.3 is 0 Å². The van der Waals surface area contributed by atoms with E-state index in [1.54, 1.807) is 11.6 Å². The molecule has 2 heterocycles. The Labute approximate surface area is 125 Å². The van der Waals surface area contributed by atoms with E-state index in [1.807, 2.05) is 13.0 Å². The van der Waals surface area contributed by atoms with Crippen molar-refractivity contribution in [2.75, 3.05) is 18.5 Å². The van der Waals surface area contributed by atoms with Crippen LogP contribution in [0.5, 0.6) is 0 Å². The van der Waals surface area contributed by atoms with Crippen molar-refractivity contribution in [3.05, 3.63) is 11.8 Å². The minimum Gasteiger partial charge on any atom is -0.391 e. The summed E-state index contributed by atoms with van der Waals surface area (Å²) in [6.45, 7) is 5.69. The quantitative estimate of drug-likeness (QED) is 0.838. The van der Waals surface area contributed by atoms with Crippen LogP contribution in [-0.4, -0.2) is 40.1 Å². The second-order valence-corrected chi connectivity index (χ2v) is 5.84. The van der Waals surface area contributed by atoms with Crippen molar-refractivity contribution >= 4 is 11.7 Å². The zero-order valence-electron chi connectivity index (χ0n) is 12.8. The average Bonchev–Trinajstić information content (AvgIpc) is 2.77. The molecular formula is C15H25N3O3. The fraction of sp³-hybridized carbons (Fsp3) is 0.733. The van der Waals surface area contributed by atoms with Crippen molar-refractivity contribution in [1.29, 1.82) is 0 Å². The van der Waals surface area contributed by atoms with Crippen LogP contribution in [0.15, 0.2) is 6.07 Å². The fourth-order valence-electron chi connectivity index (χ4n) is 2.58. The summed E-state index contributed by atoms with van der Waals surface area (Å²) in [4.78, 5) is 12.0. The van der Waals surface area contributed by atoms with Gasteiger partial charge < -0.3 is 15.2 Å². The zero-order chi connectivity index (χ0) is 15.2. The predicted molar refractivity (Wildman–Crippen MR) is 80.1 cm³/mol. The first-order chi connectivity index (χ1) is 10.0. The molecule has 1 amide bonds. The third-order valence-corrected chi connectivity index (χ3v) is 3.81. The number of hydrogen-bond acceptors (Lipinski definition) is 4. The number of aliphatic hydroxyl groups is 1. The number of rotatable bonds is 6. The van der Waals surface area contributed by atoms with Gasteiger partial charge in [0.2, 0.25) is 5.91 Å². The van der Waals surface area contributed by atoms with Gasteiger partial charge in [-0.05, 0) is 39.0 Å². The minimum absolute atomic E-state index is 0.00295. The lowest BCUT2D eigenvalue weighted by Gasteiger charge is -2.21. The Hall–Kier alpha value is -1.40. The number of amides is 1. The monoisotopic (exact) mass is 295 g/mol. The number of aryl methyl sites for hydroxylation is 1. The molecule has 1 aliphatic heterocycles. The second-order valence-electron chi connectivity index (χ2n) is 5.84. The number of aliphatic hydroxyl groups excluding tert-OH is 1. The van der Waals surface area contributed by atoms with E-state index in [0.717, 1.165) is 38.2 Å². The van der Waals surface area contributed by atoms with E-state index in [-0.39, 0.29) is 5.91 Å². The number of carbonyl (C=O) groups is 1. The molecule has 0 aliphatic carbocycles. The maximum absolute atomic E-state index is 12.0. The van der Waals surface area contributed by atoms with Crippen molar-refractivity contribution < 1.29 is 14.6 Å². The van der Waals surface area contributed by atoms with Crippen molar-refractivity contribution in [2.24, 2.45) is 5.92 Å². The lowest BCUT2D eigenvalue weighted by Crippen LogP contribution is -2.19. The highest BCUT2D eigenvalue weighted by Gasteiger charge is 2.16. The van der Waals surface area contributed by atoms with Crippen LogP contribution in [0.2, 0.25) is 0 Å². The lowest BCUT2D eigenvalue weighted by molar-refractivity contribution is -0.116. The number of anilines is 1. The maximum atomic E-state index is 12.0. The van der Waals surface area contributed by atoms with Crippen molar-refractivity contribution in [2.45, 2.75) is 52.2 Å². The van der Waals surface area contributed by atoms with Crippen LogP contribution in [-0.2, 0) is 16.1 Å². The van der Waals surface area contributed by atoms with E-state index < -0.39 is 6.10 Å². The molecule has 21 heavy (non-hydrogen) atoms. The molecule has 0 radical (unpaired) electrons. The van der Waals surface area contributed by atoms with Crippen molar-refractivity contribution in [1.82, 2.24) is 9.78 Å². The van der Waals surface area contributed by atoms with Gasteiger partial charge in [-0.15, -0.1) is 0 Å². The van der Waals surface area contributed by atoms with Gasteiger partial charge in [0.25, 0.3) is 0 Å². The van der Waals surface area contributed by atoms with Gasteiger partial charge in [0.1, 0.15) is 0 Å². The second kappa shape index (κ2) is 7.56. The van der Waals surface area contributed by atoms with Crippen LogP contribution in [0.1, 0.15) is 38.3 Å². The average molecular weight is 295 g/mol. The van der Waals surface area contributed by atoms with Crippen molar-refractivity contribution in [3.8, 4) is 0 Å². The molecule has 1 aromatic heterocycles. The fourth-order valence-corrected chi connectivity index (χ4v) is 2.58. The predicted octanol–water partition coefficient (Wildman–Crippen LogP) is 1.72. The Morgan fingerprint density at radius 1 is 1.57 bits per heavy atom. The molecule has 0 bridgehead atoms. The summed E-state index contributed by atoms with van der Waals surface area (Å²) in [6, 6.07) is 1.83. The normalized spacial score (nSPS) is 17.7. The van der Waals surface area contributed by atoms with Crippen LogP contribution < -0.4 is 5.32 Å². The van der Waals surface area contributed by atoms with Gasteiger partial charge in [0, 0.05) is 31.4 Å². The number of ether oxygens (including phenoxy) is 1. The first kappa shape index (κ1) is 16.0. The summed E-state index contributed by atoms with van der Waals surface area (Å²) in [7, 11) is 0. The third-order valence-electron chi connectivity index (χ3n) is 3.81. The Kier molecular flexibility index (Phi) is 5.76. The number of hydrogen-bond donors (Lipinski definition) is 2. The van der Waals surface area contributed by atoms with Gasteiger partial charge in [0.05, 0.1) is 12.6 Å². The van der Waals surface area contributed by atoms with Gasteiger partial charge in [0.15, 0.2) is 5.82 Å². The van der Waals surface area contributed by atoms with Gasteiger partial charge in [-0.3, -0.25) is 9.48 Å². The van der Waals surface area contributed by atoms with Crippen LogP contribution in [0.3, 0.4) is 0 Å². The summed E-state index contributed by atoms with van der Waals surface area (Å²) in [5.74, 6) is 1.16. The highest BCUT2D eigenvalue weighted by molar-refractivity contribution is 5.89. The molecule has 1 unspecified atom stereocenters. The molecule has 2 rings (SSSR count). The van der Waals surface area contributed by atoms with E-state index in [9.17, 15) is 9.90 Å². The van der Waals surface area contributed by atoms with E-state index in [2.05, 4.69) is 10.4 Å². The summed E-state index contributed by atoms with van der Waals surface area (Å²) in [6.07, 6.45) is 3.07. The number of aromatic nitrogens is 2. The van der Waals surface area contributed by atoms with Crippen LogP contribution in [0.25, 0.3) is 0 Å². The molecule has 2 N–H and O–H groups in total. The molecule has 0 saturated carbocycles. The summed E-state index contributed by atoms with van der Waals surface area (Å²) < 4.78 is 7.02. The molecule has 6 nitrogen and oxygen atoms in total. The van der Waals surface area contributed by atoms with Crippen LogP contribution >= 0.6 is 0 Å². The Morgan fingerprint density at radius 2 is 2.29 bits per heavy atom. The summed E-state index contributed by atoms with van der Waals surface area (Å²) in [5.41, 5.74) is 0.927. The number of nitrogens with zero attached hydrogens (tertiary/aromatic N) is 2. The molecule has 118 valence electrons. The van der Waals surface area contributed by atoms with Gasteiger partial charge in [-0.2, -0.15) is 5.10 Å². The highest BCUT2D eigenvalue weighted by atomic mass is 16.5. The number of nitrogens with one attached hydrogen (secondary N) is 1. The Morgan fingerprint density at radius 3 is 2.95 bits per heavy atom. The Balaban J connectivity index is 1.79. The molecule has 1 atom stereocenters. The Bertz CT molecular complexity index is 465. The minimum atomic E-state index is -0.458. The lowest BCUT2D eigenvalue weighted by atomic mass is 9.95. The van der Waals surface area contributed by atoms with E-state index in [4.69, 9.17) is 4.74 Å². The maximum Gasteiger partial charge on any atom is 0.225 e. The smallest absolute Gasteiger partial charge is 0.225 e. The van der Waals surface area contributed by atoms with E-state index in [0.29, 0.717) is 24.7 Å². The SMILES string of the molecule is Cc1cc(NC(=O)CCC2CCOCC2)nn1CC(C)O. The van der Waals surface area contributed by atoms with Crippen LogP contribution in [0.4, 0.5) is 5.82 Å². The number of carbonyl (C=O) groups excluding carboxylic acids is 1. The molecule has 1 fully saturated rings. The van der Waals surface area contributed by atoms with E-state index in [1.165, 1.54) is 0 Å². The first-order valence-electron chi connectivity index (χ1n) is 7.64. The first-order valence-corrected chi connectivity index (χ1v) is 7.64. The topological polar surface area (TPSA) is 76.4 Å². The van der Waals surface area contributed by atoms with E-state index >= 15 is 0 Å². The molecule has 6 heteroatoms. The largest absolute Gasteiger partial charge is 0.391 e. The summed E-state index contributed by atoms with van der Waals surface area (Å²) in [5, 5.41) is 16.5. The molecular weight excluding hydrogens is 270 g/mol. The summed E-state index contributed by atoms with van der Waals surface area (Å²) >= 11 is 0. The molecule has 1 saturated heterocycles. The molecule has 0 aromatic carbocycles.